The van der Waals surface area contributed by atoms with Gasteiger partial charge in [-0.2, -0.15) is 0 Å². The molecule has 0 unspecified atom stereocenters. The number of ether oxygens (including phenoxy) is 1. The lowest BCUT2D eigenvalue weighted by Gasteiger charge is -2.23. The van der Waals surface area contributed by atoms with Gasteiger partial charge >= 0.3 is 0 Å². The fourth-order valence-electron chi connectivity index (χ4n) is 2.02. The Balaban J connectivity index is 1.90. The normalized spacial score (nSPS) is 16.0. The molecule has 1 fully saturated rings. The Morgan fingerprint density at radius 3 is 2.74 bits per heavy atom. The van der Waals surface area contributed by atoms with E-state index in [4.69, 9.17) is 10.5 Å². The van der Waals surface area contributed by atoms with Crippen molar-refractivity contribution in [3.8, 4) is 0 Å². The molecule has 0 radical (unpaired) electrons. The zero-order valence-electron chi connectivity index (χ0n) is 10.6. The van der Waals surface area contributed by atoms with Gasteiger partial charge in [0, 0.05) is 11.3 Å². The molecular formula is C13H18N3O3+. The molecule has 1 heterocycles. The number of morpholine rings is 1. The number of carbonyl (C=O) groups excluding carboxylic acids is 2. The van der Waals surface area contributed by atoms with Crippen LogP contribution in [0.25, 0.3) is 0 Å². The van der Waals surface area contributed by atoms with Crippen LogP contribution in [-0.4, -0.2) is 44.7 Å². The predicted octanol–water partition coefficient (Wildman–Crippen LogP) is -1.36. The second-order valence-electron chi connectivity index (χ2n) is 4.53. The maximum absolute atomic E-state index is 11.9. The third-order valence-electron chi connectivity index (χ3n) is 3.04. The van der Waals surface area contributed by atoms with E-state index in [1.165, 1.54) is 4.90 Å². The highest BCUT2D eigenvalue weighted by atomic mass is 16.5. The molecule has 0 bridgehead atoms. The van der Waals surface area contributed by atoms with E-state index in [2.05, 4.69) is 5.32 Å². The van der Waals surface area contributed by atoms with Crippen LogP contribution in [0.3, 0.4) is 0 Å². The number of quaternary nitrogens is 1. The van der Waals surface area contributed by atoms with Crippen molar-refractivity contribution < 1.29 is 19.2 Å². The quantitative estimate of drug-likeness (QED) is 0.628. The molecule has 1 aliphatic rings. The van der Waals surface area contributed by atoms with Crippen LogP contribution in [0.4, 0.5) is 5.69 Å². The molecule has 0 spiro atoms. The van der Waals surface area contributed by atoms with E-state index in [9.17, 15) is 9.59 Å². The number of amides is 2. The summed E-state index contributed by atoms with van der Waals surface area (Å²) in [7, 11) is 0. The second-order valence-corrected chi connectivity index (χ2v) is 4.53. The molecule has 2 amide bonds. The van der Waals surface area contributed by atoms with Crippen molar-refractivity contribution in [2.45, 2.75) is 0 Å². The Morgan fingerprint density at radius 2 is 2.05 bits per heavy atom. The van der Waals surface area contributed by atoms with Crippen molar-refractivity contribution in [3.63, 3.8) is 0 Å². The third-order valence-corrected chi connectivity index (χ3v) is 3.04. The summed E-state index contributed by atoms with van der Waals surface area (Å²) in [4.78, 5) is 24.1. The zero-order valence-corrected chi connectivity index (χ0v) is 10.6. The van der Waals surface area contributed by atoms with Crippen molar-refractivity contribution in [3.05, 3.63) is 29.8 Å². The molecule has 1 aromatic carbocycles. The topological polar surface area (TPSA) is 85.9 Å². The molecule has 6 heteroatoms. The molecule has 1 aromatic rings. The van der Waals surface area contributed by atoms with Gasteiger partial charge in [-0.05, 0) is 18.2 Å². The number of rotatable bonds is 4. The number of anilines is 1. The van der Waals surface area contributed by atoms with Crippen molar-refractivity contribution >= 4 is 17.5 Å². The Hall–Kier alpha value is -1.92. The van der Waals surface area contributed by atoms with E-state index < -0.39 is 5.91 Å². The van der Waals surface area contributed by atoms with E-state index in [-0.39, 0.29) is 5.91 Å². The third kappa shape index (κ3) is 4.04. The highest BCUT2D eigenvalue weighted by Crippen LogP contribution is 2.09. The first-order valence-electron chi connectivity index (χ1n) is 6.26. The Labute approximate surface area is 111 Å². The van der Waals surface area contributed by atoms with Crippen LogP contribution in [0, 0.1) is 0 Å². The van der Waals surface area contributed by atoms with E-state index >= 15 is 0 Å². The molecule has 19 heavy (non-hydrogen) atoms. The molecule has 102 valence electrons. The largest absolute Gasteiger partial charge is 0.370 e. The van der Waals surface area contributed by atoms with E-state index in [0.29, 0.717) is 31.0 Å². The van der Waals surface area contributed by atoms with Crippen LogP contribution in [0.1, 0.15) is 10.4 Å². The maximum Gasteiger partial charge on any atom is 0.279 e. The summed E-state index contributed by atoms with van der Waals surface area (Å²) in [5.41, 5.74) is 6.17. The lowest BCUT2D eigenvalue weighted by atomic mass is 10.2. The first kappa shape index (κ1) is 13.5. The zero-order chi connectivity index (χ0) is 13.7. The number of hydrogen-bond donors (Lipinski definition) is 3. The Kier molecular flexibility index (Phi) is 4.48. The monoisotopic (exact) mass is 264 g/mol. The summed E-state index contributed by atoms with van der Waals surface area (Å²) >= 11 is 0. The first-order valence-corrected chi connectivity index (χ1v) is 6.26. The second kappa shape index (κ2) is 6.31. The summed E-state index contributed by atoms with van der Waals surface area (Å²) in [5, 5.41) is 2.78. The lowest BCUT2D eigenvalue weighted by molar-refractivity contribution is -0.899. The Bertz CT molecular complexity index is 470. The smallest absolute Gasteiger partial charge is 0.279 e. The minimum absolute atomic E-state index is 0.0708. The van der Waals surface area contributed by atoms with Crippen LogP contribution in [0.5, 0.6) is 0 Å². The van der Waals surface area contributed by atoms with E-state index in [0.717, 1.165) is 13.1 Å². The van der Waals surface area contributed by atoms with Gasteiger partial charge in [0.05, 0.1) is 13.2 Å². The average molecular weight is 264 g/mol. The van der Waals surface area contributed by atoms with E-state index in [1.807, 2.05) is 0 Å². The summed E-state index contributed by atoms with van der Waals surface area (Å²) in [5.74, 6) is -0.576. The summed E-state index contributed by atoms with van der Waals surface area (Å²) < 4.78 is 5.24. The summed E-state index contributed by atoms with van der Waals surface area (Å²) in [6.07, 6.45) is 0. The van der Waals surface area contributed by atoms with Gasteiger partial charge < -0.3 is 20.7 Å². The van der Waals surface area contributed by atoms with E-state index in [1.54, 1.807) is 24.3 Å². The fourth-order valence-corrected chi connectivity index (χ4v) is 2.02. The Morgan fingerprint density at radius 1 is 1.32 bits per heavy atom. The lowest BCUT2D eigenvalue weighted by Crippen LogP contribution is -3.15. The van der Waals surface area contributed by atoms with Gasteiger partial charge in [-0.15, -0.1) is 0 Å². The van der Waals surface area contributed by atoms with Gasteiger partial charge in [-0.1, -0.05) is 6.07 Å². The van der Waals surface area contributed by atoms with Gasteiger partial charge in [0.15, 0.2) is 6.54 Å². The molecule has 6 nitrogen and oxygen atoms in total. The first-order chi connectivity index (χ1) is 9.15. The number of nitrogens with one attached hydrogen (secondary N) is 2. The number of hydrogen-bond acceptors (Lipinski definition) is 3. The highest BCUT2D eigenvalue weighted by Gasteiger charge is 2.17. The minimum atomic E-state index is -0.505. The molecule has 1 aliphatic heterocycles. The molecule has 0 aliphatic carbocycles. The molecular weight excluding hydrogens is 246 g/mol. The molecule has 1 saturated heterocycles. The van der Waals surface area contributed by atoms with Crippen LogP contribution in [0.2, 0.25) is 0 Å². The van der Waals surface area contributed by atoms with Crippen LogP contribution >= 0.6 is 0 Å². The van der Waals surface area contributed by atoms with Gasteiger partial charge in [-0.3, -0.25) is 9.59 Å². The molecule has 2 rings (SSSR count). The number of primary amides is 1. The minimum Gasteiger partial charge on any atom is -0.370 e. The van der Waals surface area contributed by atoms with Crippen molar-refractivity contribution in [2.75, 3.05) is 38.2 Å². The van der Waals surface area contributed by atoms with Crippen LogP contribution < -0.4 is 16.0 Å². The van der Waals surface area contributed by atoms with Gasteiger partial charge in [0.2, 0.25) is 5.91 Å². The molecule has 4 N–H and O–H groups in total. The van der Waals surface area contributed by atoms with Gasteiger partial charge in [-0.25, -0.2) is 0 Å². The number of carbonyl (C=O) groups is 2. The van der Waals surface area contributed by atoms with Crippen LogP contribution in [0.15, 0.2) is 24.3 Å². The van der Waals surface area contributed by atoms with Crippen molar-refractivity contribution in [2.24, 2.45) is 5.73 Å². The van der Waals surface area contributed by atoms with Gasteiger partial charge in [0.1, 0.15) is 13.1 Å². The number of nitrogens with two attached hydrogens (primary N) is 1. The SMILES string of the molecule is NC(=O)c1cccc(NC(=O)C[NH+]2CCOCC2)c1. The predicted molar refractivity (Wildman–Crippen MR) is 70.0 cm³/mol. The molecule has 0 aromatic heterocycles. The van der Waals surface area contributed by atoms with Crippen LogP contribution in [-0.2, 0) is 9.53 Å². The summed E-state index contributed by atoms with van der Waals surface area (Å²) in [6.45, 7) is 3.48. The highest BCUT2D eigenvalue weighted by molar-refractivity contribution is 5.96. The van der Waals surface area contributed by atoms with Crippen molar-refractivity contribution in [1.29, 1.82) is 0 Å². The average Bonchev–Trinajstić information content (AvgIpc) is 2.40. The molecule has 0 saturated carbocycles. The van der Waals surface area contributed by atoms with Gasteiger partial charge in [0.25, 0.3) is 5.91 Å². The standard InChI is InChI=1S/C13H17N3O3/c14-13(18)10-2-1-3-11(8-10)15-12(17)9-16-4-6-19-7-5-16/h1-3,8H,4-7,9H2,(H2,14,18)(H,15,17)/p+1. The maximum atomic E-state index is 11.9. The number of benzene rings is 1. The summed E-state index contributed by atoms with van der Waals surface area (Å²) in [6, 6.07) is 6.62. The fraction of sp³-hybridized carbons (Fsp3) is 0.385. The van der Waals surface area contributed by atoms with Crippen molar-refractivity contribution in [1.82, 2.24) is 0 Å². The molecule has 0 atom stereocenters.